The molecule has 2 aliphatic rings. The highest BCUT2D eigenvalue weighted by molar-refractivity contribution is 7.44. The number of nitrogens with zero attached hydrogens (tertiary/aromatic N) is 3. The molecule has 2 heterocycles. The smallest absolute Gasteiger partial charge is 0.261 e. The predicted molar refractivity (Wildman–Crippen MR) is 156 cm³/mol. The minimum absolute atomic E-state index is 0.190. The molecule has 1 fully saturated rings. The Morgan fingerprint density at radius 1 is 1.02 bits per heavy atom. The van der Waals surface area contributed by atoms with E-state index >= 15 is 0 Å². The first kappa shape index (κ1) is 32.7. The third-order valence-corrected chi connectivity index (χ3v) is 9.20. The van der Waals surface area contributed by atoms with E-state index in [0.717, 1.165) is 32.1 Å². The Kier molecular flexibility index (Phi) is 13.0. The maximum atomic E-state index is 12.5. The molecule has 1 saturated heterocycles. The Hall–Kier alpha value is -1.86. The Balaban J connectivity index is 1.49. The van der Waals surface area contributed by atoms with E-state index in [-0.39, 0.29) is 42.7 Å². The molecule has 0 N–H and O–H groups in total. The van der Waals surface area contributed by atoms with Gasteiger partial charge in [-0.1, -0.05) is 31.9 Å². The Morgan fingerprint density at radius 3 is 2.23 bits per heavy atom. The van der Waals surface area contributed by atoms with Crippen molar-refractivity contribution in [2.24, 2.45) is 0 Å². The summed E-state index contributed by atoms with van der Waals surface area (Å²) in [4.78, 5) is 29.8. The van der Waals surface area contributed by atoms with Gasteiger partial charge < -0.3 is 23.4 Å². The molecule has 2 radical (unpaired) electrons. The number of ether oxygens (including phenoxy) is 2. The fourth-order valence-corrected chi connectivity index (χ4v) is 6.94. The van der Waals surface area contributed by atoms with E-state index in [1.807, 2.05) is 6.92 Å². The minimum Gasteiger partial charge on any atom is -0.379 e. The van der Waals surface area contributed by atoms with Crippen molar-refractivity contribution in [2.75, 3.05) is 26.3 Å². The molecule has 0 aliphatic carbocycles. The number of rotatable bonds is 17. The first-order valence-electron chi connectivity index (χ1n) is 14.4. The van der Waals surface area contributed by atoms with Gasteiger partial charge in [-0.3, -0.25) is 14.5 Å². The average molecular weight is 571 g/mol. The van der Waals surface area contributed by atoms with Gasteiger partial charge in [0.25, 0.3) is 20.3 Å². The highest BCUT2D eigenvalue weighted by atomic mass is 31.2. The summed E-state index contributed by atoms with van der Waals surface area (Å²) in [5.74, 6) is -0.413. The Morgan fingerprint density at radius 2 is 1.65 bits per heavy atom. The van der Waals surface area contributed by atoms with Crippen LogP contribution in [0.3, 0.4) is 0 Å². The first-order valence-corrected chi connectivity index (χ1v) is 15.5. The molecule has 40 heavy (non-hydrogen) atoms. The van der Waals surface area contributed by atoms with E-state index in [9.17, 15) is 9.59 Å². The lowest BCUT2D eigenvalue weighted by molar-refractivity contribution is -0.0186. The second kappa shape index (κ2) is 16.0. The molecule has 9 nitrogen and oxygen atoms in total. The van der Waals surface area contributed by atoms with Crippen LogP contribution in [-0.4, -0.2) is 91.9 Å². The van der Waals surface area contributed by atoms with E-state index in [0.29, 0.717) is 30.9 Å². The van der Waals surface area contributed by atoms with E-state index < -0.39 is 20.6 Å². The van der Waals surface area contributed by atoms with Crippen LogP contribution in [0.5, 0.6) is 0 Å². The number of unbranched alkanes of at least 4 members (excludes halogenated alkanes) is 3. The summed E-state index contributed by atoms with van der Waals surface area (Å²) in [5, 5.41) is 0. The van der Waals surface area contributed by atoms with E-state index in [1.165, 1.54) is 4.90 Å². The second-order valence-electron chi connectivity index (χ2n) is 10.7. The molecule has 0 saturated carbocycles. The van der Waals surface area contributed by atoms with Crippen LogP contribution in [-0.2, 0) is 18.5 Å². The lowest BCUT2D eigenvalue weighted by Gasteiger charge is -2.38. The number of hydrogen-bond acceptors (Lipinski definition) is 7. The van der Waals surface area contributed by atoms with Crippen molar-refractivity contribution in [3.8, 4) is 0 Å². The zero-order chi connectivity index (χ0) is 29.2. The van der Waals surface area contributed by atoms with Crippen molar-refractivity contribution in [2.45, 2.75) is 103 Å². The van der Waals surface area contributed by atoms with Crippen LogP contribution >= 0.6 is 8.53 Å². The third kappa shape index (κ3) is 8.12. The van der Waals surface area contributed by atoms with Crippen molar-refractivity contribution >= 4 is 28.2 Å². The largest absolute Gasteiger partial charge is 0.379 e. The molecule has 3 rings (SSSR count). The molecule has 5 atom stereocenters. The lowest BCUT2D eigenvalue weighted by atomic mass is 9.92. The van der Waals surface area contributed by atoms with Gasteiger partial charge in [0.1, 0.15) is 26.7 Å². The minimum atomic E-state index is -1.44. The molecule has 0 bridgehead atoms. The summed E-state index contributed by atoms with van der Waals surface area (Å²) >= 11 is 0. The van der Waals surface area contributed by atoms with Gasteiger partial charge in [-0.25, -0.2) is 11.2 Å². The number of amides is 2. The van der Waals surface area contributed by atoms with Gasteiger partial charge in [-0.2, -0.15) is 0 Å². The monoisotopic (exact) mass is 571 g/mol. The molecule has 2 unspecified atom stereocenters. The fourth-order valence-electron chi connectivity index (χ4n) is 5.18. The highest BCUT2D eigenvalue weighted by Crippen LogP contribution is 2.49. The van der Waals surface area contributed by atoms with Crippen molar-refractivity contribution < 1.29 is 28.1 Å². The average Bonchev–Trinajstić information content (AvgIpc) is 3.35. The van der Waals surface area contributed by atoms with Gasteiger partial charge in [0, 0.05) is 31.2 Å². The first-order chi connectivity index (χ1) is 19.2. The number of carbonyl (C=O) groups excluding carboxylic acids is 2. The van der Waals surface area contributed by atoms with Gasteiger partial charge in [-0.05, 0) is 59.1 Å². The standard InChI is InChI=1S/C29H43BN3O6P/c1-7-24-25(39-40(37-19-16-31-6)33(20(2)3)21(4)5)26(27(30)38-24)36-18-13-9-8-12-17-32-28(34)22-14-10-11-15-23(22)29(32)35/h10-11,14-15,20-21,24-27H,7-9,12-13,16-19H2,1-5H3/t24-,25+,26?,27-,40?/m1/s1. The summed E-state index contributed by atoms with van der Waals surface area (Å²) in [7, 11) is 4.89. The van der Waals surface area contributed by atoms with Gasteiger partial charge >= 0.3 is 0 Å². The molecule has 1 aromatic rings. The fraction of sp³-hybridized carbons (Fsp3) is 0.690. The SMILES string of the molecule is [B][C@@H]1O[C@H](CC)[C@H](OP(OCC[N+]#[C-])N(C(C)C)C(C)C)C1OCCCCCCN1C(=O)c2ccccc2C1=O. The van der Waals surface area contributed by atoms with Gasteiger partial charge in [0.05, 0.1) is 17.2 Å². The van der Waals surface area contributed by atoms with Gasteiger partial charge in [0.15, 0.2) is 0 Å². The number of carbonyl (C=O) groups is 2. The molecule has 1 aromatic carbocycles. The van der Waals surface area contributed by atoms with E-state index in [1.54, 1.807) is 24.3 Å². The molecule has 0 spiro atoms. The second-order valence-corrected chi connectivity index (χ2v) is 12.1. The summed E-state index contributed by atoms with van der Waals surface area (Å²) in [6, 6.07) is 6.75. The van der Waals surface area contributed by atoms with Gasteiger partial charge in [0.2, 0.25) is 6.54 Å². The summed E-state index contributed by atoms with van der Waals surface area (Å²) in [6.45, 7) is 19.0. The quantitative estimate of drug-likeness (QED) is 0.0836. The molecule has 2 amide bonds. The number of fused-ring (bicyclic) bond motifs is 1. The molecule has 2 aliphatic heterocycles. The number of benzene rings is 1. The molecular formula is C29H43BN3O6P. The summed E-state index contributed by atoms with van der Waals surface area (Å²) < 4.78 is 27.1. The summed E-state index contributed by atoms with van der Waals surface area (Å²) in [5.41, 5.74) is 0.979. The van der Waals surface area contributed by atoms with Crippen LogP contribution in [0.2, 0.25) is 0 Å². The Bertz CT molecular complexity index is 979. The Labute approximate surface area is 242 Å². The number of hydrogen-bond donors (Lipinski definition) is 0. The van der Waals surface area contributed by atoms with Crippen LogP contribution in [0.15, 0.2) is 24.3 Å². The van der Waals surface area contributed by atoms with Gasteiger partial charge in [-0.15, -0.1) is 0 Å². The zero-order valence-corrected chi connectivity index (χ0v) is 25.3. The van der Waals surface area contributed by atoms with Crippen LogP contribution < -0.4 is 0 Å². The molecule has 218 valence electrons. The van der Waals surface area contributed by atoms with Crippen molar-refractivity contribution in [1.82, 2.24) is 9.57 Å². The summed E-state index contributed by atoms with van der Waals surface area (Å²) in [6.07, 6.45) is 3.03. The van der Waals surface area contributed by atoms with E-state index in [4.69, 9.17) is 32.9 Å². The predicted octanol–water partition coefficient (Wildman–Crippen LogP) is 5.20. The molecule has 11 heteroatoms. The maximum Gasteiger partial charge on any atom is 0.261 e. The zero-order valence-electron chi connectivity index (χ0n) is 24.5. The van der Waals surface area contributed by atoms with Crippen LogP contribution in [0.4, 0.5) is 0 Å². The topological polar surface area (TPSA) is 81.9 Å². The normalized spacial score (nSPS) is 23.4. The highest BCUT2D eigenvalue weighted by Gasteiger charge is 2.45. The van der Waals surface area contributed by atoms with E-state index in [2.05, 4.69) is 37.2 Å². The number of imide groups is 1. The van der Waals surface area contributed by atoms with Crippen LogP contribution in [0, 0.1) is 6.57 Å². The van der Waals surface area contributed by atoms with Crippen LogP contribution in [0.1, 0.15) is 87.4 Å². The molecule has 0 aromatic heterocycles. The van der Waals surface area contributed by atoms with Crippen molar-refractivity contribution in [3.05, 3.63) is 46.8 Å². The third-order valence-electron chi connectivity index (χ3n) is 7.08. The van der Waals surface area contributed by atoms with Crippen molar-refractivity contribution in [3.63, 3.8) is 0 Å². The van der Waals surface area contributed by atoms with Crippen molar-refractivity contribution in [1.29, 1.82) is 0 Å². The molecular weight excluding hydrogens is 528 g/mol. The lowest BCUT2D eigenvalue weighted by Crippen LogP contribution is -2.40. The maximum absolute atomic E-state index is 12.5. The van der Waals surface area contributed by atoms with Crippen LogP contribution in [0.25, 0.3) is 4.85 Å².